The first-order chi connectivity index (χ1) is 9.65. The molecule has 20 heavy (non-hydrogen) atoms. The minimum Gasteiger partial charge on any atom is -0.468 e. The summed E-state index contributed by atoms with van der Waals surface area (Å²) in [7, 11) is 1.42. The third-order valence-corrected chi connectivity index (χ3v) is 4.54. The summed E-state index contributed by atoms with van der Waals surface area (Å²) in [4.78, 5) is 28.4. The highest BCUT2D eigenvalue weighted by Gasteiger charge is 2.38. The summed E-state index contributed by atoms with van der Waals surface area (Å²) in [6.45, 7) is 4.45. The van der Waals surface area contributed by atoms with Crippen molar-refractivity contribution in [3.63, 3.8) is 0 Å². The van der Waals surface area contributed by atoms with Gasteiger partial charge in [-0.3, -0.25) is 14.5 Å². The van der Waals surface area contributed by atoms with Gasteiger partial charge in [-0.15, -0.1) is 0 Å². The molecule has 0 aromatic rings. The summed E-state index contributed by atoms with van der Waals surface area (Å²) in [5, 5.41) is 0. The number of carbonyl (C=O) groups excluding carboxylic acids is 2. The van der Waals surface area contributed by atoms with Gasteiger partial charge in [0.1, 0.15) is 6.04 Å². The largest absolute Gasteiger partial charge is 0.468 e. The molecule has 0 aromatic heterocycles. The van der Waals surface area contributed by atoms with Gasteiger partial charge >= 0.3 is 5.97 Å². The summed E-state index contributed by atoms with van der Waals surface area (Å²) in [5.41, 5.74) is 0. The zero-order valence-electron chi connectivity index (χ0n) is 12.6. The normalized spacial score (nSPS) is 26.1. The average molecular weight is 282 g/mol. The van der Waals surface area contributed by atoms with Crippen LogP contribution < -0.4 is 0 Å². The number of esters is 1. The molecule has 0 saturated carbocycles. The zero-order valence-corrected chi connectivity index (χ0v) is 12.6. The number of hydrogen-bond donors (Lipinski definition) is 0. The van der Waals surface area contributed by atoms with E-state index in [1.54, 1.807) is 0 Å². The molecule has 2 aliphatic rings. The van der Waals surface area contributed by atoms with Crippen LogP contribution in [0.5, 0.6) is 0 Å². The van der Waals surface area contributed by atoms with Crippen molar-refractivity contribution in [1.29, 1.82) is 0 Å². The Morgan fingerprint density at radius 3 is 2.30 bits per heavy atom. The fraction of sp³-hybridized carbons (Fsp3) is 0.867. The Hall–Kier alpha value is -1.10. The van der Waals surface area contributed by atoms with Crippen molar-refractivity contribution >= 4 is 11.9 Å². The van der Waals surface area contributed by atoms with Gasteiger partial charge in [-0.25, -0.2) is 0 Å². The van der Waals surface area contributed by atoms with Crippen LogP contribution in [0.1, 0.15) is 45.4 Å². The van der Waals surface area contributed by atoms with Gasteiger partial charge in [0.25, 0.3) is 0 Å². The number of hydrogen-bond acceptors (Lipinski definition) is 4. The van der Waals surface area contributed by atoms with Gasteiger partial charge in [-0.1, -0.05) is 12.8 Å². The van der Waals surface area contributed by atoms with E-state index in [0.717, 1.165) is 45.3 Å². The van der Waals surface area contributed by atoms with Crippen LogP contribution in [0.2, 0.25) is 0 Å². The molecular formula is C15H26N2O3. The Kier molecular flexibility index (Phi) is 5.40. The molecule has 0 bridgehead atoms. The molecule has 2 heterocycles. The van der Waals surface area contributed by atoms with Gasteiger partial charge < -0.3 is 9.64 Å². The first kappa shape index (κ1) is 15.3. The van der Waals surface area contributed by atoms with Crippen LogP contribution in [0.4, 0.5) is 0 Å². The summed E-state index contributed by atoms with van der Waals surface area (Å²) >= 11 is 0. The van der Waals surface area contributed by atoms with E-state index in [0.29, 0.717) is 0 Å². The molecule has 2 atom stereocenters. The van der Waals surface area contributed by atoms with E-state index in [1.165, 1.54) is 20.0 Å². The third-order valence-electron chi connectivity index (χ3n) is 4.54. The first-order valence-corrected chi connectivity index (χ1v) is 7.77. The molecule has 0 N–H and O–H groups in total. The SMILES string of the molecule is COC(=O)C1CCCN1C(C)C(=O)N1CCCCCC1. The van der Waals surface area contributed by atoms with Gasteiger partial charge in [-0.2, -0.15) is 0 Å². The lowest BCUT2D eigenvalue weighted by Gasteiger charge is -2.32. The van der Waals surface area contributed by atoms with E-state index in [2.05, 4.69) is 0 Å². The Balaban J connectivity index is 1.99. The fourth-order valence-electron chi connectivity index (χ4n) is 3.34. The minimum absolute atomic E-state index is 0.169. The van der Waals surface area contributed by atoms with Crippen LogP contribution >= 0.6 is 0 Å². The molecule has 0 aliphatic carbocycles. The molecule has 2 saturated heterocycles. The van der Waals surface area contributed by atoms with Gasteiger partial charge in [0.15, 0.2) is 0 Å². The second-order valence-electron chi connectivity index (χ2n) is 5.83. The van der Waals surface area contributed by atoms with Crippen molar-refractivity contribution in [2.75, 3.05) is 26.7 Å². The number of rotatable bonds is 3. The van der Waals surface area contributed by atoms with Crippen molar-refractivity contribution < 1.29 is 14.3 Å². The van der Waals surface area contributed by atoms with Crippen molar-refractivity contribution in [2.45, 2.75) is 57.5 Å². The topological polar surface area (TPSA) is 49.9 Å². The lowest BCUT2D eigenvalue weighted by molar-refractivity contribution is -0.148. The number of ether oxygens (including phenoxy) is 1. The quantitative estimate of drug-likeness (QED) is 0.735. The number of carbonyl (C=O) groups is 2. The smallest absolute Gasteiger partial charge is 0.323 e. The minimum atomic E-state index is -0.245. The number of likely N-dealkylation sites (tertiary alicyclic amines) is 2. The van der Waals surface area contributed by atoms with Crippen molar-refractivity contribution in [3.05, 3.63) is 0 Å². The van der Waals surface area contributed by atoms with Crippen LogP contribution in [0.15, 0.2) is 0 Å². The van der Waals surface area contributed by atoms with Crippen LogP contribution in [-0.2, 0) is 14.3 Å². The molecule has 2 rings (SSSR count). The van der Waals surface area contributed by atoms with Crippen LogP contribution in [0.25, 0.3) is 0 Å². The Bertz CT molecular complexity index is 351. The summed E-state index contributed by atoms with van der Waals surface area (Å²) < 4.78 is 4.85. The fourth-order valence-corrected chi connectivity index (χ4v) is 3.34. The number of nitrogens with zero attached hydrogens (tertiary/aromatic N) is 2. The summed E-state index contributed by atoms with van der Waals surface area (Å²) in [6, 6.07) is -0.467. The van der Waals surface area contributed by atoms with E-state index in [-0.39, 0.29) is 24.0 Å². The molecule has 5 heteroatoms. The zero-order chi connectivity index (χ0) is 14.5. The van der Waals surface area contributed by atoms with Crippen LogP contribution in [0, 0.1) is 0 Å². The highest BCUT2D eigenvalue weighted by Crippen LogP contribution is 2.23. The Morgan fingerprint density at radius 2 is 1.70 bits per heavy atom. The Morgan fingerprint density at radius 1 is 1.05 bits per heavy atom. The monoisotopic (exact) mass is 282 g/mol. The number of methoxy groups -OCH3 is 1. The third kappa shape index (κ3) is 3.32. The van der Waals surface area contributed by atoms with Crippen LogP contribution in [0.3, 0.4) is 0 Å². The molecule has 0 radical (unpaired) electrons. The second-order valence-corrected chi connectivity index (χ2v) is 5.83. The molecule has 2 fully saturated rings. The lowest BCUT2D eigenvalue weighted by atomic mass is 10.1. The van der Waals surface area contributed by atoms with E-state index < -0.39 is 0 Å². The molecule has 2 unspecified atom stereocenters. The molecule has 2 aliphatic heterocycles. The molecule has 1 amide bonds. The summed E-state index contributed by atoms with van der Waals surface area (Å²) in [5.74, 6) is -0.0410. The molecule has 0 spiro atoms. The van der Waals surface area contributed by atoms with Crippen LogP contribution in [-0.4, -0.2) is 60.5 Å². The predicted molar refractivity (Wildman–Crippen MR) is 76.3 cm³/mol. The maximum Gasteiger partial charge on any atom is 0.323 e. The average Bonchev–Trinajstić information content (AvgIpc) is 2.80. The molecular weight excluding hydrogens is 256 g/mol. The van der Waals surface area contributed by atoms with Gasteiger partial charge in [0.05, 0.1) is 13.2 Å². The van der Waals surface area contributed by atoms with E-state index in [9.17, 15) is 9.59 Å². The maximum atomic E-state index is 12.6. The number of amides is 1. The highest BCUT2D eigenvalue weighted by molar-refractivity contribution is 5.83. The molecule has 0 aromatic carbocycles. The van der Waals surface area contributed by atoms with E-state index >= 15 is 0 Å². The molecule has 5 nitrogen and oxygen atoms in total. The van der Waals surface area contributed by atoms with E-state index in [4.69, 9.17) is 4.74 Å². The second kappa shape index (κ2) is 7.07. The van der Waals surface area contributed by atoms with Crippen molar-refractivity contribution in [1.82, 2.24) is 9.80 Å². The lowest BCUT2D eigenvalue weighted by Crippen LogP contribution is -2.51. The molecule has 114 valence electrons. The standard InChI is InChI=1S/C15H26N2O3/c1-12(14(18)16-9-5-3-4-6-10-16)17-11-7-8-13(17)15(19)20-2/h12-13H,3-11H2,1-2H3. The first-order valence-electron chi connectivity index (χ1n) is 7.77. The van der Waals surface area contributed by atoms with E-state index in [1.807, 2.05) is 16.7 Å². The van der Waals surface area contributed by atoms with Crippen molar-refractivity contribution in [3.8, 4) is 0 Å². The van der Waals surface area contributed by atoms with Crippen molar-refractivity contribution in [2.24, 2.45) is 0 Å². The van der Waals surface area contributed by atoms with Gasteiger partial charge in [0.2, 0.25) is 5.91 Å². The van der Waals surface area contributed by atoms with Gasteiger partial charge in [0, 0.05) is 13.1 Å². The highest BCUT2D eigenvalue weighted by atomic mass is 16.5. The van der Waals surface area contributed by atoms with Gasteiger partial charge in [-0.05, 0) is 39.2 Å². The summed E-state index contributed by atoms with van der Waals surface area (Å²) in [6.07, 6.45) is 6.37. The predicted octanol–water partition coefficient (Wildman–Crippen LogP) is 1.41. The Labute approximate surface area is 121 Å². The maximum absolute atomic E-state index is 12.6.